The Balaban J connectivity index is 2.38. The van der Waals surface area contributed by atoms with Crippen LogP contribution < -0.4 is 15.0 Å². The van der Waals surface area contributed by atoms with Crippen molar-refractivity contribution in [2.24, 2.45) is 0 Å². The highest BCUT2D eigenvalue weighted by atomic mass is 79.9. The van der Waals surface area contributed by atoms with Gasteiger partial charge in [-0.25, -0.2) is 0 Å². The molecule has 0 radical (unpaired) electrons. The molecule has 0 unspecified atom stereocenters. The molecule has 2 N–H and O–H groups in total. The van der Waals surface area contributed by atoms with Crippen molar-refractivity contribution in [2.75, 3.05) is 13.2 Å². The second-order valence-corrected chi connectivity index (χ2v) is 5.93. The number of rotatable bonds is 8. The fourth-order valence-electron chi connectivity index (χ4n) is 2.12. The molecule has 9 nitrogen and oxygen atoms in total. The number of benzene rings is 1. The van der Waals surface area contributed by atoms with Crippen LogP contribution in [0, 0.1) is 10.1 Å². The van der Waals surface area contributed by atoms with Gasteiger partial charge in [0.1, 0.15) is 12.4 Å². The van der Waals surface area contributed by atoms with E-state index in [1.807, 2.05) is 6.92 Å². The molecule has 1 aromatic carbocycles. The third-order valence-corrected chi connectivity index (χ3v) is 3.78. The highest BCUT2D eigenvalue weighted by Gasteiger charge is 2.21. The van der Waals surface area contributed by atoms with Crippen LogP contribution in [-0.4, -0.2) is 33.2 Å². The molecular weight excluding hydrogens is 422 g/mol. The van der Waals surface area contributed by atoms with Crippen molar-refractivity contribution in [3.05, 3.63) is 61.1 Å². The fourth-order valence-corrected chi connectivity index (χ4v) is 2.69. The van der Waals surface area contributed by atoms with Crippen LogP contribution in [0.1, 0.15) is 18.3 Å². The summed E-state index contributed by atoms with van der Waals surface area (Å²) in [6.45, 7) is 6.17. The van der Waals surface area contributed by atoms with E-state index in [-0.39, 0.29) is 5.82 Å². The maximum atomic E-state index is 11.7. The Morgan fingerprint density at radius 1 is 1.41 bits per heavy atom. The number of halogens is 1. The minimum atomic E-state index is -1.04. The summed E-state index contributed by atoms with van der Waals surface area (Å²) in [5, 5.41) is 20.3. The van der Waals surface area contributed by atoms with Crippen molar-refractivity contribution >= 4 is 33.8 Å². The first-order valence-electron chi connectivity index (χ1n) is 7.73. The number of nitrogens with one attached hydrogen (secondary N) is 1. The van der Waals surface area contributed by atoms with E-state index in [1.54, 1.807) is 24.3 Å². The van der Waals surface area contributed by atoms with Crippen molar-refractivity contribution in [1.82, 2.24) is 9.97 Å². The maximum absolute atomic E-state index is 11.7. The van der Waals surface area contributed by atoms with Crippen LogP contribution in [0.15, 0.2) is 34.1 Å². The average molecular weight is 438 g/mol. The SMILES string of the molecule is C=CCOc1c(Br)cc(/C=C\c2nc(O)c([N+](=O)[O-])c(=O)[nH]2)cc1OCC. The van der Waals surface area contributed by atoms with E-state index in [0.29, 0.717) is 34.7 Å². The first-order chi connectivity index (χ1) is 12.9. The van der Waals surface area contributed by atoms with Gasteiger partial charge in [0.05, 0.1) is 16.0 Å². The minimum Gasteiger partial charge on any atom is -0.490 e. The lowest BCUT2D eigenvalue weighted by Gasteiger charge is -2.13. The Labute approximate surface area is 162 Å². The maximum Gasteiger partial charge on any atom is 0.395 e. The van der Waals surface area contributed by atoms with Crippen LogP contribution in [0.3, 0.4) is 0 Å². The van der Waals surface area contributed by atoms with Crippen LogP contribution >= 0.6 is 15.9 Å². The zero-order chi connectivity index (χ0) is 20.0. The van der Waals surface area contributed by atoms with Crippen molar-refractivity contribution in [1.29, 1.82) is 0 Å². The lowest BCUT2D eigenvalue weighted by Crippen LogP contribution is -2.14. The molecule has 0 fully saturated rings. The summed E-state index contributed by atoms with van der Waals surface area (Å²) in [5.41, 5.74) is -1.37. The van der Waals surface area contributed by atoms with E-state index >= 15 is 0 Å². The number of hydrogen-bond acceptors (Lipinski definition) is 7. The van der Waals surface area contributed by atoms with Gasteiger partial charge in [0.2, 0.25) is 0 Å². The summed E-state index contributed by atoms with van der Waals surface area (Å²) in [6, 6.07) is 3.47. The third-order valence-electron chi connectivity index (χ3n) is 3.19. The average Bonchev–Trinajstić information content (AvgIpc) is 2.58. The van der Waals surface area contributed by atoms with Gasteiger partial charge in [0.25, 0.3) is 5.88 Å². The summed E-state index contributed by atoms with van der Waals surface area (Å²) >= 11 is 3.41. The second-order valence-electron chi connectivity index (χ2n) is 5.08. The molecule has 0 spiro atoms. The van der Waals surface area contributed by atoms with Gasteiger partial charge < -0.3 is 19.6 Å². The smallest absolute Gasteiger partial charge is 0.395 e. The largest absolute Gasteiger partial charge is 0.490 e. The Morgan fingerprint density at radius 2 is 2.15 bits per heavy atom. The molecule has 0 bridgehead atoms. The van der Waals surface area contributed by atoms with E-state index in [2.05, 4.69) is 32.5 Å². The number of nitrogens with zero attached hydrogens (tertiary/aromatic N) is 2. The Bertz CT molecular complexity index is 954. The number of aromatic amines is 1. The molecule has 0 saturated carbocycles. The van der Waals surface area contributed by atoms with Gasteiger partial charge in [0, 0.05) is 0 Å². The summed E-state index contributed by atoms with van der Waals surface area (Å²) in [5.74, 6) is 0.0340. The molecule has 0 aliphatic heterocycles. The number of nitro groups is 1. The van der Waals surface area contributed by atoms with E-state index in [1.165, 1.54) is 6.08 Å². The molecule has 0 saturated heterocycles. The van der Waals surface area contributed by atoms with Gasteiger partial charge in [0.15, 0.2) is 11.5 Å². The molecule has 1 heterocycles. The van der Waals surface area contributed by atoms with Gasteiger partial charge in [-0.3, -0.25) is 14.9 Å². The van der Waals surface area contributed by atoms with Crippen LogP contribution in [0.5, 0.6) is 17.4 Å². The van der Waals surface area contributed by atoms with Gasteiger partial charge in [-0.15, -0.1) is 0 Å². The number of ether oxygens (including phenoxy) is 2. The Hall–Kier alpha value is -3.14. The normalized spacial score (nSPS) is 10.7. The first-order valence-corrected chi connectivity index (χ1v) is 8.52. The summed E-state index contributed by atoms with van der Waals surface area (Å²) < 4.78 is 11.8. The van der Waals surface area contributed by atoms with Crippen molar-refractivity contribution in [3.8, 4) is 17.4 Å². The van der Waals surface area contributed by atoms with Gasteiger partial charge in [-0.1, -0.05) is 18.7 Å². The van der Waals surface area contributed by atoms with Crippen molar-refractivity contribution in [2.45, 2.75) is 6.92 Å². The molecule has 10 heteroatoms. The van der Waals surface area contributed by atoms with E-state index in [9.17, 15) is 20.0 Å². The molecule has 2 aromatic rings. The first kappa shape index (κ1) is 20.2. The summed E-state index contributed by atoms with van der Waals surface area (Å²) in [4.78, 5) is 27.2. The molecule has 0 amide bonds. The van der Waals surface area contributed by atoms with Gasteiger partial charge in [-0.2, -0.15) is 4.98 Å². The quantitative estimate of drug-likeness (QED) is 0.368. The molecule has 0 aliphatic rings. The molecular formula is C17H16BrN3O6. The molecule has 1 aromatic heterocycles. The lowest BCUT2D eigenvalue weighted by atomic mass is 10.2. The van der Waals surface area contributed by atoms with Crippen LogP contribution in [0.4, 0.5) is 5.69 Å². The highest BCUT2D eigenvalue weighted by Crippen LogP contribution is 2.37. The van der Waals surface area contributed by atoms with E-state index in [4.69, 9.17) is 9.47 Å². The van der Waals surface area contributed by atoms with Crippen LogP contribution in [0.2, 0.25) is 0 Å². The van der Waals surface area contributed by atoms with Crippen LogP contribution in [-0.2, 0) is 0 Å². The zero-order valence-electron chi connectivity index (χ0n) is 14.3. The number of aromatic nitrogens is 2. The zero-order valence-corrected chi connectivity index (χ0v) is 15.9. The second kappa shape index (κ2) is 8.99. The number of aromatic hydroxyl groups is 1. The van der Waals surface area contributed by atoms with E-state index in [0.717, 1.165) is 0 Å². The number of H-pyrrole nitrogens is 1. The molecule has 142 valence electrons. The fraction of sp³-hybridized carbons (Fsp3) is 0.176. The predicted octanol–water partition coefficient (Wildman–Crippen LogP) is 3.28. The predicted molar refractivity (Wildman–Crippen MR) is 103 cm³/mol. The molecule has 27 heavy (non-hydrogen) atoms. The monoisotopic (exact) mass is 437 g/mol. The molecule has 2 rings (SSSR count). The third kappa shape index (κ3) is 4.94. The highest BCUT2D eigenvalue weighted by molar-refractivity contribution is 9.10. The van der Waals surface area contributed by atoms with E-state index < -0.39 is 22.0 Å². The van der Waals surface area contributed by atoms with Crippen molar-refractivity contribution in [3.63, 3.8) is 0 Å². The lowest BCUT2D eigenvalue weighted by molar-refractivity contribution is -0.387. The van der Waals surface area contributed by atoms with Gasteiger partial charge >= 0.3 is 11.2 Å². The Morgan fingerprint density at radius 3 is 2.74 bits per heavy atom. The topological polar surface area (TPSA) is 128 Å². The summed E-state index contributed by atoms with van der Waals surface area (Å²) in [7, 11) is 0. The minimum absolute atomic E-state index is 0.0378. The molecule has 0 aliphatic carbocycles. The summed E-state index contributed by atoms with van der Waals surface area (Å²) in [6.07, 6.45) is 4.60. The Kier molecular flexibility index (Phi) is 6.72. The number of hydrogen-bond donors (Lipinski definition) is 2. The molecule has 0 atom stereocenters. The van der Waals surface area contributed by atoms with Crippen LogP contribution in [0.25, 0.3) is 12.2 Å². The van der Waals surface area contributed by atoms with Gasteiger partial charge in [-0.05, 0) is 46.6 Å². The van der Waals surface area contributed by atoms with Crippen molar-refractivity contribution < 1.29 is 19.5 Å². The standard InChI is InChI=1S/C17H16BrN3O6/c1-3-7-27-15-11(18)8-10(9-12(15)26-4-2)5-6-13-19-16(22)14(21(24)25)17(23)20-13/h3,5-6,8-9H,1,4,7H2,2H3,(H2,19,20,22,23)/b6-5-.